The molecule has 6 nitrogen and oxygen atoms in total. The maximum absolute atomic E-state index is 12.3. The second kappa shape index (κ2) is 8.17. The van der Waals surface area contributed by atoms with Crippen molar-refractivity contribution in [2.75, 3.05) is 15.8 Å². The van der Waals surface area contributed by atoms with E-state index in [0.29, 0.717) is 16.9 Å². The fourth-order valence-corrected chi connectivity index (χ4v) is 2.86. The Balaban J connectivity index is 1.62. The summed E-state index contributed by atoms with van der Waals surface area (Å²) in [5, 5.41) is 6.13. The van der Waals surface area contributed by atoms with Crippen molar-refractivity contribution >= 4 is 40.6 Å². The predicted molar refractivity (Wildman–Crippen MR) is 106 cm³/mol. The number of nitrogens with one attached hydrogen (secondary N) is 3. The number of anilines is 3. The molecule has 26 heavy (non-hydrogen) atoms. The van der Waals surface area contributed by atoms with Crippen LogP contribution in [-0.2, 0) is 0 Å². The molecule has 0 atom stereocenters. The molecule has 0 radical (unpaired) electrons. The van der Waals surface area contributed by atoms with E-state index < -0.39 is 0 Å². The number of amides is 1. The topological polar surface area (TPSA) is 103 Å². The van der Waals surface area contributed by atoms with Crippen molar-refractivity contribution in [1.82, 2.24) is 0 Å². The lowest BCUT2D eigenvalue weighted by Gasteiger charge is -2.08. The third-order valence-corrected chi connectivity index (χ3v) is 4.43. The third-order valence-electron chi connectivity index (χ3n) is 3.59. The smallest absolute Gasteiger partial charge is 0.255 e. The van der Waals surface area contributed by atoms with Gasteiger partial charge in [-0.2, -0.15) is 5.11 Å². The number of carbonyl (C=O) groups is 1. The van der Waals surface area contributed by atoms with Crippen LogP contribution in [0.25, 0.3) is 0 Å². The van der Waals surface area contributed by atoms with Crippen molar-refractivity contribution < 1.29 is 4.79 Å². The van der Waals surface area contributed by atoms with Gasteiger partial charge in [-0.1, -0.05) is 18.2 Å². The molecule has 3 aromatic carbocycles. The maximum atomic E-state index is 12.3. The van der Waals surface area contributed by atoms with Crippen molar-refractivity contribution in [3.8, 4) is 0 Å². The second-order valence-corrected chi connectivity index (χ2v) is 6.31. The number of para-hydroxylation sites is 1. The van der Waals surface area contributed by atoms with Crippen LogP contribution in [-0.4, -0.2) is 5.91 Å². The molecule has 5 N–H and O–H groups in total. The minimum absolute atomic E-state index is 0.274. The van der Waals surface area contributed by atoms with E-state index in [9.17, 15) is 4.79 Å². The van der Waals surface area contributed by atoms with Crippen LogP contribution in [0.15, 0.2) is 82.8 Å². The first-order valence-electron chi connectivity index (χ1n) is 7.82. The number of rotatable bonds is 6. The zero-order valence-corrected chi connectivity index (χ0v) is 14.6. The zero-order chi connectivity index (χ0) is 18.4. The highest BCUT2D eigenvalue weighted by molar-refractivity contribution is 8.00. The van der Waals surface area contributed by atoms with Crippen molar-refractivity contribution in [3.05, 3.63) is 78.4 Å². The molecule has 1 amide bonds. The molecule has 0 aromatic heterocycles. The number of carbonyl (C=O) groups excluding carboxylic acids is 1. The molecule has 0 fully saturated rings. The Hall–Kier alpha value is -3.32. The van der Waals surface area contributed by atoms with Crippen LogP contribution < -0.4 is 15.8 Å². The fraction of sp³-hybridized carbons (Fsp3) is 0. The van der Waals surface area contributed by atoms with Gasteiger partial charge in [0.05, 0.1) is 5.69 Å². The van der Waals surface area contributed by atoms with Gasteiger partial charge < -0.3 is 15.8 Å². The summed E-state index contributed by atoms with van der Waals surface area (Å²) < 4.78 is 3.25. The highest BCUT2D eigenvalue weighted by atomic mass is 32.2. The number of hydrogen-bond acceptors (Lipinski definition) is 6. The Bertz CT molecular complexity index is 913. The number of nitrogens with two attached hydrogens (primary N) is 1. The molecule has 0 unspecified atom stereocenters. The van der Waals surface area contributed by atoms with Gasteiger partial charge in [0.2, 0.25) is 0 Å². The van der Waals surface area contributed by atoms with E-state index in [1.54, 1.807) is 12.1 Å². The Morgan fingerprint density at radius 1 is 0.962 bits per heavy atom. The lowest BCUT2D eigenvalue weighted by Crippen LogP contribution is -2.11. The standard InChI is InChI=1S/C19H17N5OS/c20-17-11-6-13(12-18(17)23-21)19(25)22-14-7-9-16(10-8-14)26-24-15-4-2-1-3-5-15/h1-12,21,24H,20H2,(H,22,25). The average molecular weight is 363 g/mol. The quantitative estimate of drug-likeness (QED) is 0.271. The predicted octanol–water partition coefficient (Wildman–Crippen LogP) is 5.30. The maximum Gasteiger partial charge on any atom is 0.255 e. The first-order valence-corrected chi connectivity index (χ1v) is 8.63. The van der Waals surface area contributed by atoms with E-state index in [1.807, 2.05) is 54.6 Å². The van der Waals surface area contributed by atoms with Crippen LogP contribution in [0.5, 0.6) is 0 Å². The summed E-state index contributed by atoms with van der Waals surface area (Å²) in [6.45, 7) is 0. The normalized spacial score (nSPS) is 10.2. The van der Waals surface area contributed by atoms with Crippen LogP contribution in [0, 0.1) is 5.53 Å². The van der Waals surface area contributed by atoms with Crippen molar-refractivity contribution in [2.24, 2.45) is 5.11 Å². The molecule has 0 saturated carbocycles. The first-order chi connectivity index (χ1) is 12.7. The summed E-state index contributed by atoms with van der Waals surface area (Å²) in [6.07, 6.45) is 0. The molecule has 0 aliphatic carbocycles. The van der Waals surface area contributed by atoms with Gasteiger partial charge in [-0.25, -0.2) is 5.53 Å². The lowest BCUT2D eigenvalue weighted by molar-refractivity contribution is 0.102. The first kappa shape index (κ1) is 17.5. The summed E-state index contributed by atoms with van der Waals surface area (Å²) in [7, 11) is 0. The molecule has 0 heterocycles. The highest BCUT2D eigenvalue weighted by Gasteiger charge is 2.09. The lowest BCUT2D eigenvalue weighted by atomic mass is 10.1. The minimum Gasteiger partial charge on any atom is -0.397 e. The van der Waals surface area contributed by atoms with E-state index in [0.717, 1.165) is 10.6 Å². The molecule has 3 aromatic rings. The average Bonchev–Trinajstić information content (AvgIpc) is 2.68. The molecule has 0 spiro atoms. The molecule has 0 aliphatic rings. The van der Waals surface area contributed by atoms with Crippen molar-refractivity contribution in [2.45, 2.75) is 4.90 Å². The van der Waals surface area contributed by atoms with E-state index in [2.05, 4.69) is 15.2 Å². The molecular weight excluding hydrogens is 346 g/mol. The summed E-state index contributed by atoms with van der Waals surface area (Å²) >= 11 is 1.49. The summed E-state index contributed by atoms with van der Waals surface area (Å²) in [5.41, 5.74) is 15.5. The SMILES string of the molecule is N=Nc1cc(C(=O)Nc2ccc(SNc3ccccc3)cc2)ccc1N. The Kier molecular flexibility index (Phi) is 5.50. The van der Waals surface area contributed by atoms with E-state index in [4.69, 9.17) is 11.3 Å². The second-order valence-electron chi connectivity index (χ2n) is 5.43. The molecule has 130 valence electrons. The van der Waals surface area contributed by atoms with Crippen LogP contribution in [0.1, 0.15) is 10.4 Å². The van der Waals surface area contributed by atoms with Gasteiger partial charge in [-0.15, -0.1) is 0 Å². The van der Waals surface area contributed by atoms with Crippen LogP contribution in [0.4, 0.5) is 22.7 Å². The minimum atomic E-state index is -0.280. The number of hydrogen-bond donors (Lipinski definition) is 4. The van der Waals surface area contributed by atoms with Gasteiger partial charge in [0.25, 0.3) is 5.91 Å². The van der Waals surface area contributed by atoms with Crippen LogP contribution >= 0.6 is 11.9 Å². The van der Waals surface area contributed by atoms with Gasteiger partial charge in [0, 0.05) is 21.8 Å². The number of benzene rings is 3. The molecule has 0 bridgehead atoms. The van der Waals surface area contributed by atoms with E-state index >= 15 is 0 Å². The molecule has 0 saturated heterocycles. The van der Waals surface area contributed by atoms with Crippen molar-refractivity contribution in [3.63, 3.8) is 0 Å². The van der Waals surface area contributed by atoms with E-state index in [-0.39, 0.29) is 11.6 Å². The third kappa shape index (κ3) is 4.40. The number of nitrogens with zero attached hydrogens (tertiary/aromatic N) is 1. The van der Waals surface area contributed by atoms with Gasteiger partial charge in [0.1, 0.15) is 5.69 Å². The Morgan fingerprint density at radius 3 is 2.38 bits per heavy atom. The molecule has 3 rings (SSSR count). The van der Waals surface area contributed by atoms with Gasteiger partial charge in [0.15, 0.2) is 0 Å². The largest absolute Gasteiger partial charge is 0.397 e. The fourth-order valence-electron chi connectivity index (χ4n) is 2.22. The molecular formula is C19H17N5OS. The Morgan fingerprint density at radius 2 is 1.69 bits per heavy atom. The number of nitrogen functional groups attached to an aromatic ring is 1. The molecule has 7 heteroatoms. The summed E-state index contributed by atoms with van der Waals surface area (Å²) in [5.74, 6) is -0.280. The van der Waals surface area contributed by atoms with Crippen LogP contribution in [0.2, 0.25) is 0 Å². The van der Waals surface area contributed by atoms with Gasteiger partial charge in [-0.05, 0) is 66.5 Å². The monoisotopic (exact) mass is 363 g/mol. The Labute approximate surface area is 155 Å². The zero-order valence-electron chi connectivity index (χ0n) is 13.8. The van der Waals surface area contributed by atoms with Crippen molar-refractivity contribution in [1.29, 1.82) is 5.53 Å². The van der Waals surface area contributed by atoms with E-state index in [1.165, 1.54) is 18.0 Å². The molecule has 0 aliphatic heterocycles. The van der Waals surface area contributed by atoms with Gasteiger partial charge >= 0.3 is 0 Å². The van der Waals surface area contributed by atoms with Crippen LogP contribution in [0.3, 0.4) is 0 Å². The summed E-state index contributed by atoms with van der Waals surface area (Å²) in [4.78, 5) is 13.3. The van der Waals surface area contributed by atoms with Gasteiger partial charge in [-0.3, -0.25) is 4.79 Å². The summed E-state index contributed by atoms with van der Waals surface area (Å²) in [6, 6.07) is 22.1. The highest BCUT2D eigenvalue weighted by Crippen LogP contribution is 2.25.